The molecule has 0 amide bonds. The monoisotopic (exact) mass is 308 g/mol. The number of hydrogen-bond acceptors (Lipinski definition) is 6. The second-order valence-corrected chi connectivity index (χ2v) is 6.31. The summed E-state index contributed by atoms with van der Waals surface area (Å²) >= 11 is 0. The summed E-state index contributed by atoms with van der Waals surface area (Å²) in [5, 5.41) is 11.1. The second-order valence-electron chi connectivity index (χ2n) is 4.30. The van der Waals surface area contributed by atoms with Gasteiger partial charge in [-0.25, -0.2) is 8.42 Å². The highest BCUT2D eigenvalue weighted by Crippen LogP contribution is 2.35. The fraction of sp³-hybridized carbons (Fsp3) is 0.0769. The van der Waals surface area contributed by atoms with Gasteiger partial charge in [0, 0.05) is 12.3 Å². The molecule has 2 aromatic rings. The van der Waals surface area contributed by atoms with E-state index in [2.05, 4.69) is 0 Å². The third-order valence-corrected chi connectivity index (χ3v) is 3.80. The minimum Gasteiger partial charge on any atom is -0.448 e. The van der Waals surface area contributed by atoms with Crippen molar-refractivity contribution in [2.45, 2.75) is 4.90 Å². The van der Waals surface area contributed by atoms with Crippen molar-refractivity contribution < 1.29 is 18.1 Å². The molecule has 7 nitrogen and oxygen atoms in total. The predicted octanol–water partition coefficient (Wildman–Crippen LogP) is 2.37. The summed E-state index contributed by atoms with van der Waals surface area (Å²) in [5.74, 6) is 0.179. The van der Waals surface area contributed by atoms with E-state index < -0.39 is 20.4 Å². The number of sulfone groups is 1. The quantitative estimate of drug-likeness (QED) is 0.527. The Hall–Kier alpha value is -2.61. The van der Waals surface area contributed by atoms with E-state index in [1.165, 1.54) is 12.1 Å². The van der Waals surface area contributed by atoms with E-state index >= 15 is 0 Å². The molecule has 0 saturated carbocycles. The van der Waals surface area contributed by atoms with Gasteiger partial charge in [-0.3, -0.25) is 10.1 Å². The van der Waals surface area contributed by atoms with Gasteiger partial charge in [0.15, 0.2) is 15.6 Å². The molecule has 110 valence electrons. The number of nitro groups is 1. The van der Waals surface area contributed by atoms with Crippen LogP contribution in [0.25, 0.3) is 0 Å². The number of anilines is 1. The topological polar surface area (TPSA) is 113 Å². The third-order valence-electron chi connectivity index (χ3n) is 2.69. The Labute approximate surface area is 121 Å². The number of hydrogen-bond donors (Lipinski definition) is 1. The smallest absolute Gasteiger partial charge is 0.312 e. The Balaban J connectivity index is 2.50. The van der Waals surface area contributed by atoms with Crippen LogP contribution in [-0.2, 0) is 9.84 Å². The zero-order valence-electron chi connectivity index (χ0n) is 11.0. The molecule has 0 atom stereocenters. The van der Waals surface area contributed by atoms with Crippen LogP contribution in [0.1, 0.15) is 0 Å². The molecule has 2 N–H and O–H groups in total. The summed E-state index contributed by atoms with van der Waals surface area (Å²) in [7, 11) is -3.54. The maximum Gasteiger partial charge on any atom is 0.312 e. The van der Waals surface area contributed by atoms with Crippen LogP contribution in [0, 0.1) is 10.1 Å². The molecule has 0 aromatic heterocycles. The average molecular weight is 308 g/mol. The van der Waals surface area contributed by atoms with Gasteiger partial charge in [0.25, 0.3) is 0 Å². The predicted molar refractivity (Wildman–Crippen MR) is 77.1 cm³/mol. The maximum absolute atomic E-state index is 11.4. The Bertz CT molecular complexity index is 802. The lowest BCUT2D eigenvalue weighted by Gasteiger charge is -2.09. The van der Waals surface area contributed by atoms with Crippen molar-refractivity contribution in [1.82, 2.24) is 0 Å². The van der Waals surface area contributed by atoms with Crippen LogP contribution in [0.2, 0.25) is 0 Å². The largest absolute Gasteiger partial charge is 0.448 e. The molecular weight excluding hydrogens is 296 g/mol. The highest BCUT2D eigenvalue weighted by Gasteiger charge is 2.20. The molecule has 0 bridgehead atoms. The zero-order valence-corrected chi connectivity index (χ0v) is 11.8. The number of nitrogens with two attached hydrogens (primary N) is 1. The molecule has 8 heteroatoms. The van der Waals surface area contributed by atoms with Crippen molar-refractivity contribution in [3.63, 3.8) is 0 Å². The van der Waals surface area contributed by atoms with Crippen LogP contribution < -0.4 is 10.5 Å². The molecule has 0 aliphatic heterocycles. The molecule has 0 saturated heterocycles. The highest BCUT2D eigenvalue weighted by molar-refractivity contribution is 7.90. The van der Waals surface area contributed by atoms with Crippen molar-refractivity contribution in [2.24, 2.45) is 0 Å². The van der Waals surface area contributed by atoms with Gasteiger partial charge in [0.2, 0.25) is 5.75 Å². The lowest BCUT2D eigenvalue weighted by Crippen LogP contribution is -2.01. The minimum atomic E-state index is -3.54. The van der Waals surface area contributed by atoms with E-state index in [0.29, 0.717) is 5.69 Å². The Kier molecular flexibility index (Phi) is 3.81. The van der Waals surface area contributed by atoms with Gasteiger partial charge in [-0.15, -0.1) is 0 Å². The van der Waals surface area contributed by atoms with E-state index in [-0.39, 0.29) is 16.4 Å². The number of nitrogen functional groups attached to an aromatic ring is 1. The normalized spacial score (nSPS) is 11.1. The summed E-state index contributed by atoms with van der Waals surface area (Å²) < 4.78 is 28.3. The number of nitrogens with zero attached hydrogens (tertiary/aromatic N) is 1. The molecule has 0 unspecified atom stereocenters. The number of para-hydroxylation sites is 2. The Morgan fingerprint density at radius 3 is 2.38 bits per heavy atom. The molecule has 0 spiro atoms. The molecular formula is C13H12N2O5S. The number of nitro benzene ring substituents is 1. The lowest BCUT2D eigenvalue weighted by atomic mass is 10.2. The molecule has 0 fully saturated rings. The van der Waals surface area contributed by atoms with Crippen molar-refractivity contribution in [3.05, 3.63) is 52.6 Å². The summed E-state index contributed by atoms with van der Waals surface area (Å²) in [6, 6.07) is 9.96. The molecule has 2 aromatic carbocycles. The van der Waals surface area contributed by atoms with Crippen LogP contribution in [0.15, 0.2) is 47.4 Å². The first-order valence-electron chi connectivity index (χ1n) is 5.80. The van der Waals surface area contributed by atoms with E-state index in [1.54, 1.807) is 24.3 Å². The van der Waals surface area contributed by atoms with Gasteiger partial charge in [0.05, 0.1) is 15.5 Å². The standard InChI is InChI=1S/C13H12N2O5S/c1-21(18,19)9-6-7-13(11(8-9)15(16)17)20-12-5-3-2-4-10(12)14/h2-8H,14H2,1H3. The van der Waals surface area contributed by atoms with Crippen LogP contribution >= 0.6 is 0 Å². The summed E-state index contributed by atoms with van der Waals surface area (Å²) in [6.07, 6.45) is 0.974. The van der Waals surface area contributed by atoms with Gasteiger partial charge >= 0.3 is 5.69 Å². The third kappa shape index (κ3) is 3.29. The fourth-order valence-corrected chi connectivity index (χ4v) is 2.29. The molecule has 21 heavy (non-hydrogen) atoms. The molecule has 0 aliphatic rings. The fourth-order valence-electron chi connectivity index (χ4n) is 1.65. The van der Waals surface area contributed by atoms with Crippen molar-refractivity contribution in [3.8, 4) is 11.5 Å². The number of ether oxygens (including phenoxy) is 1. The Morgan fingerprint density at radius 1 is 1.14 bits per heavy atom. The molecule has 0 radical (unpaired) electrons. The number of rotatable bonds is 4. The first-order chi connectivity index (χ1) is 9.79. The van der Waals surface area contributed by atoms with Gasteiger partial charge in [-0.1, -0.05) is 12.1 Å². The van der Waals surface area contributed by atoms with E-state index in [1.807, 2.05) is 0 Å². The van der Waals surface area contributed by atoms with Gasteiger partial charge in [0.1, 0.15) is 0 Å². The lowest BCUT2D eigenvalue weighted by molar-refractivity contribution is -0.385. The summed E-state index contributed by atoms with van der Waals surface area (Å²) in [5.41, 5.74) is 5.58. The van der Waals surface area contributed by atoms with Crippen LogP contribution in [0.5, 0.6) is 11.5 Å². The molecule has 0 aliphatic carbocycles. The molecule has 0 heterocycles. The van der Waals surface area contributed by atoms with E-state index in [0.717, 1.165) is 12.3 Å². The summed E-state index contributed by atoms with van der Waals surface area (Å²) in [4.78, 5) is 10.2. The SMILES string of the molecule is CS(=O)(=O)c1ccc(Oc2ccccc2N)c([N+](=O)[O-])c1. The second kappa shape index (κ2) is 5.41. The van der Waals surface area contributed by atoms with Crippen molar-refractivity contribution >= 4 is 21.2 Å². The average Bonchev–Trinajstić information content (AvgIpc) is 2.40. The minimum absolute atomic E-state index is 0.0784. The Morgan fingerprint density at radius 2 is 1.81 bits per heavy atom. The highest BCUT2D eigenvalue weighted by atomic mass is 32.2. The van der Waals surface area contributed by atoms with Crippen molar-refractivity contribution in [1.29, 1.82) is 0 Å². The van der Waals surface area contributed by atoms with Crippen LogP contribution in [-0.4, -0.2) is 19.6 Å². The first kappa shape index (κ1) is 14.8. The van der Waals surface area contributed by atoms with E-state index in [9.17, 15) is 18.5 Å². The summed E-state index contributed by atoms with van der Waals surface area (Å²) in [6.45, 7) is 0. The van der Waals surface area contributed by atoms with Crippen LogP contribution in [0.3, 0.4) is 0 Å². The van der Waals surface area contributed by atoms with Gasteiger partial charge < -0.3 is 10.5 Å². The number of benzene rings is 2. The van der Waals surface area contributed by atoms with Gasteiger partial charge in [-0.2, -0.15) is 0 Å². The van der Waals surface area contributed by atoms with Crippen molar-refractivity contribution in [2.75, 3.05) is 12.0 Å². The molecule has 2 rings (SSSR count). The maximum atomic E-state index is 11.4. The van der Waals surface area contributed by atoms with Crippen LogP contribution in [0.4, 0.5) is 11.4 Å². The first-order valence-corrected chi connectivity index (χ1v) is 7.69. The zero-order chi connectivity index (χ0) is 15.6. The van der Waals surface area contributed by atoms with E-state index in [4.69, 9.17) is 10.5 Å². The van der Waals surface area contributed by atoms with Gasteiger partial charge in [-0.05, 0) is 24.3 Å².